The van der Waals surface area contributed by atoms with Gasteiger partial charge in [-0.25, -0.2) is 4.79 Å². The van der Waals surface area contributed by atoms with Crippen LogP contribution in [0.5, 0.6) is 5.75 Å². The van der Waals surface area contributed by atoms with Crippen LogP contribution in [0.15, 0.2) is 24.3 Å². The first-order valence-corrected chi connectivity index (χ1v) is 7.06. The predicted molar refractivity (Wildman–Crippen MR) is 78.0 cm³/mol. The molecule has 0 radical (unpaired) electrons. The van der Waals surface area contributed by atoms with Gasteiger partial charge in [-0.1, -0.05) is 12.1 Å². The average Bonchev–Trinajstić information content (AvgIpc) is 2.88. The van der Waals surface area contributed by atoms with E-state index in [2.05, 4.69) is 5.32 Å². The SMILES string of the molecule is CC(C)Oc1ccccc1NC(=O)N1CCCC1CO. The molecule has 5 heteroatoms. The normalized spacial score (nSPS) is 18.4. The van der Waals surface area contributed by atoms with E-state index in [9.17, 15) is 9.90 Å². The first kappa shape index (κ1) is 14.7. The molecule has 1 aliphatic rings. The second-order valence-corrected chi connectivity index (χ2v) is 5.26. The van der Waals surface area contributed by atoms with E-state index in [1.807, 2.05) is 38.1 Å². The van der Waals surface area contributed by atoms with Crippen molar-refractivity contribution in [3.8, 4) is 5.75 Å². The van der Waals surface area contributed by atoms with Crippen LogP contribution in [0, 0.1) is 0 Å². The minimum absolute atomic E-state index is 0.0115. The van der Waals surface area contributed by atoms with Gasteiger partial charge in [0.1, 0.15) is 5.75 Å². The summed E-state index contributed by atoms with van der Waals surface area (Å²) >= 11 is 0. The molecule has 0 aliphatic carbocycles. The Morgan fingerprint density at radius 1 is 1.50 bits per heavy atom. The third kappa shape index (κ3) is 3.42. The third-order valence-electron chi connectivity index (χ3n) is 3.34. The Bertz CT molecular complexity index is 462. The molecule has 0 saturated carbocycles. The maximum absolute atomic E-state index is 12.3. The van der Waals surface area contributed by atoms with Crippen LogP contribution in [0.1, 0.15) is 26.7 Å². The predicted octanol–water partition coefficient (Wildman–Crippen LogP) is 2.46. The van der Waals surface area contributed by atoms with Crippen LogP contribution in [0.4, 0.5) is 10.5 Å². The number of nitrogens with one attached hydrogen (secondary N) is 1. The Balaban J connectivity index is 2.07. The van der Waals surface area contributed by atoms with Crippen molar-refractivity contribution < 1.29 is 14.6 Å². The van der Waals surface area contributed by atoms with Crippen molar-refractivity contribution in [2.24, 2.45) is 0 Å². The van der Waals surface area contributed by atoms with Crippen LogP contribution >= 0.6 is 0 Å². The first-order valence-electron chi connectivity index (χ1n) is 7.06. The zero-order chi connectivity index (χ0) is 14.5. The topological polar surface area (TPSA) is 61.8 Å². The van der Waals surface area contributed by atoms with Gasteiger partial charge in [-0.05, 0) is 38.8 Å². The Labute approximate surface area is 119 Å². The summed E-state index contributed by atoms with van der Waals surface area (Å²) < 4.78 is 5.68. The number of ether oxygens (including phenoxy) is 1. The second kappa shape index (κ2) is 6.61. The molecule has 1 heterocycles. The molecule has 1 aromatic rings. The van der Waals surface area contributed by atoms with Crippen LogP contribution in [-0.2, 0) is 0 Å². The van der Waals surface area contributed by atoms with Crippen molar-refractivity contribution in [2.75, 3.05) is 18.5 Å². The fourth-order valence-electron chi connectivity index (χ4n) is 2.41. The number of anilines is 1. The summed E-state index contributed by atoms with van der Waals surface area (Å²) in [5, 5.41) is 12.2. The molecular weight excluding hydrogens is 256 g/mol. The summed E-state index contributed by atoms with van der Waals surface area (Å²) in [6.07, 6.45) is 1.83. The van der Waals surface area contributed by atoms with Gasteiger partial charge in [-0.2, -0.15) is 0 Å². The zero-order valence-corrected chi connectivity index (χ0v) is 12.0. The zero-order valence-electron chi connectivity index (χ0n) is 12.0. The average molecular weight is 278 g/mol. The van der Waals surface area contributed by atoms with E-state index in [0.717, 1.165) is 12.8 Å². The molecule has 1 aromatic carbocycles. The minimum Gasteiger partial charge on any atom is -0.489 e. The number of rotatable bonds is 4. The number of amides is 2. The summed E-state index contributed by atoms with van der Waals surface area (Å²) in [6.45, 7) is 4.59. The summed E-state index contributed by atoms with van der Waals surface area (Å²) in [5.41, 5.74) is 0.662. The molecule has 1 unspecified atom stereocenters. The number of para-hydroxylation sites is 2. The number of carbonyl (C=O) groups is 1. The number of benzene rings is 1. The van der Waals surface area contributed by atoms with E-state index in [-0.39, 0.29) is 24.8 Å². The lowest BCUT2D eigenvalue weighted by molar-refractivity contribution is 0.166. The fraction of sp³-hybridized carbons (Fsp3) is 0.533. The third-order valence-corrected chi connectivity index (χ3v) is 3.34. The first-order chi connectivity index (χ1) is 9.61. The summed E-state index contributed by atoms with van der Waals surface area (Å²) in [4.78, 5) is 14.0. The highest BCUT2D eigenvalue weighted by Crippen LogP contribution is 2.26. The second-order valence-electron chi connectivity index (χ2n) is 5.26. The standard InChI is InChI=1S/C15H22N2O3/c1-11(2)20-14-8-4-3-7-13(14)16-15(19)17-9-5-6-12(17)10-18/h3-4,7-8,11-12,18H,5-6,9-10H2,1-2H3,(H,16,19). The lowest BCUT2D eigenvalue weighted by Gasteiger charge is -2.24. The molecule has 0 spiro atoms. The monoisotopic (exact) mass is 278 g/mol. The smallest absolute Gasteiger partial charge is 0.322 e. The highest BCUT2D eigenvalue weighted by Gasteiger charge is 2.28. The van der Waals surface area contributed by atoms with Gasteiger partial charge in [-0.15, -0.1) is 0 Å². The largest absolute Gasteiger partial charge is 0.489 e. The number of aliphatic hydroxyl groups excluding tert-OH is 1. The molecule has 1 atom stereocenters. The van der Waals surface area contributed by atoms with Crippen molar-refractivity contribution >= 4 is 11.7 Å². The lowest BCUT2D eigenvalue weighted by atomic mass is 10.2. The Hall–Kier alpha value is -1.75. The number of hydrogen-bond acceptors (Lipinski definition) is 3. The number of urea groups is 1. The molecule has 1 fully saturated rings. The van der Waals surface area contributed by atoms with E-state index in [1.165, 1.54) is 0 Å². The van der Waals surface area contributed by atoms with Crippen molar-refractivity contribution in [3.05, 3.63) is 24.3 Å². The lowest BCUT2D eigenvalue weighted by Crippen LogP contribution is -2.40. The van der Waals surface area contributed by atoms with Crippen LogP contribution in [-0.4, -0.2) is 41.3 Å². The van der Waals surface area contributed by atoms with Gasteiger partial charge in [0, 0.05) is 6.54 Å². The summed E-state index contributed by atoms with van der Waals surface area (Å²) in [5.74, 6) is 0.663. The number of nitrogens with zero attached hydrogens (tertiary/aromatic N) is 1. The quantitative estimate of drug-likeness (QED) is 0.889. The molecule has 1 saturated heterocycles. The number of carbonyl (C=O) groups excluding carboxylic acids is 1. The Morgan fingerprint density at radius 3 is 2.95 bits per heavy atom. The van der Waals surface area contributed by atoms with Gasteiger partial charge in [0.15, 0.2) is 0 Å². The molecule has 2 N–H and O–H groups in total. The molecule has 110 valence electrons. The molecular formula is C15H22N2O3. The Kier molecular flexibility index (Phi) is 4.84. The minimum atomic E-state index is -0.179. The van der Waals surface area contributed by atoms with Gasteiger partial charge in [0.05, 0.1) is 24.4 Å². The van der Waals surface area contributed by atoms with E-state index < -0.39 is 0 Å². The van der Waals surface area contributed by atoms with E-state index >= 15 is 0 Å². The molecule has 20 heavy (non-hydrogen) atoms. The van der Waals surface area contributed by atoms with Gasteiger partial charge in [0.25, 0.3) is 0 Å². The van der Waals surface area contributed by atoms with Gasteiger partial charge < -0.3 is 20.1 Å². The highest BCUT2D eigenvalue weighted by molar-refractivity contribution is 5.91. The van der Waals surface area contributed by atoms with Crippen LogP contribution < -0.4 is 10.1 Å². The van der Waals surface area contributed by atoms with E-state index in [1.54, 1.807) is 4.90 Å². The van der Waals surface area contributed by atoms with Gasteiger partial charge in [0.2, 0.25) is 0 Å². The van der Waals surface area contributed by atoms with E-state index in [4.69, 9.17) is 4.74 Å². The van der Waals surface area contributed by atoms with Crippen molar-refractivity contribution in [1.82, 2.24) is 4.90 Å². The van der Waals surface area contributed by atoms with Crippen molar-refractivity contribution in [2.45, 2.75) is 38.8 Å². The van der Waals surface area contributed by atoms with Crippen LogP contribution in [0.2, 0.25) is 0 Å². The number of aliphatic hydroxyl groups is 1. The molecule has 2 amide bonds. The number of hydrogen-bond donors (Lipinski definition) is 2. The van der Waals surface area contributed by atoms with Gasteiger partial charge in [-0.3, -0.25) is 0 Å². The van der Waals surface area contributed by atoms with Crippen LogP contribution in [0.25, 0.3) is 0 Å². The molecule has 5 nitrogen and oxygen atoms in total. The van der Waals surface area contributed by atoms with Gasteiger partial charge >= 0.3 is 6.03 Å². The highest BCUT2D eigenvalue weighted by atomic mass is 16.5. The maximum Gasteiger partial charge on any atom is 0.322 e. The van der Waals surface area contributed by atoms with Crippen molar-refractivity contribution in [1.29, 1.82) is 0 Å². The summed E-state index contributed by atoms with van der Waals surface area (Å²) in [6, 6.07) is 7.13. The molecule has 0 aromatic heterocycles. The number of likely N-dealkylation sites (tertiary alicyclic amines) is 1. The summed E-state index contributed by atoms with van der Waals surface area (Å²) in [7, 11) is 0. The van der Waals surface area contributed by atoms with Crippen LogP contribution in [0.3, 0.4) is 0 Å². The maximum atomic E-state index is 12.3. The molecule has 1 aliphatic heterocycles. The van der Waals surface area contributed by atoms with Crippen molar-refractivity contribution in [3.63, 3.8) is 0 Å². The molecule has 0 bridgehead atoms. The molecule has 2 rings (SSSR count). The Morgan fingerprint density at radius 2 is 2.25 bits per heavy atom. The van der Waals surface area contributed by atoms with E-state index in [0.29, 0.717) is 18.0 Å². The fourth-order valence-corrected chi connectivity index (χ4v) is 2.41.